The second kappa shape index (κ2) is 3.69. The SMILES string of the molecule is Cc1ccc(N)c(N2CC(C(C)(C)C)C2)c1. The molecule has 0 aromatic heterocycles. The summed E-state index contributed by atoms with van der Waals surface area (Å²) in [6.07, 6.45) is 0. The van der Waals surface area contributed by atoms with Crippen molar-refractivity contribution in [3.63, 3.8) is 0 Å². The molecular formula is C14H22N2. The van der Waals surface area contributed by atoms with Gasteiger partial charge in [0.05, 0.1) is 11.4 Å². The molecule has 1 aliphatic rings. The molecule has 16 heavy (non-hydrogen) atoms. The van der Waals surface area contributed by atoms with E-state index >= 15 is 0 Å². The Morgan fingerprint density at radius 3 is 2.44 bits per heavy atom. The van der Waals surface area contributed by atoms with Gasteiger partial charge >= 0.3 is 0 Å². The quantitative estimate of drug-likeness (QED) is 0.734. The van der Waals surface area contributed by atoms with E-state index in [2.05, 4.69) is 44.7 Å². The van der Waals surface area contributed by atoms with E-state index in [-0.39, 0.29) is 0 Å². The van der Waals surface area contributed by atoms with E-state index < -0.39 is 0 Å². The van der Waals surface area contributed by atoms with Crippen molar-refractivity contribution in [2.75, 3.05) is 23.7 Å². The first kappa shape index (κ1) is 11.3. The molecule has 0 amide bonds. The van der Waals surface area contributed by atoms with Gasteiger partial charge in [0.25, 0.3) is 0 Å². The lowest BCUT2D eigenvalue weighted by Crippen LogP contribution is -2.52. The third kappa shape index (κ3) is 2.01. The molecule has 0 saturated carbocycles. The number of hydrogen-bond acceptors (Lipinski definition) is 2. The largest absolute Gasteiger partial charge is 0.397 e. The first-order valence-corrected chi connectivity index (χ1v) is 5.99. The number of hydrogen-bond donors (Lipinski definition) is 1. The maximum Gasteiger partial charge on any atom is 0.0602 e. The zero-order valence-electron chi connectivity index (χ0n) is 10.7. The van der Waals surface area contributed by atoms with E-state index in [1.54, 1.807) is 0 Å². The summed E-state index contributed by atoms with van der Waals surface area (Å²) in [7, 11) is 0. The first-order chi connectivity index (χ1) is 7.38. The lowest BCUT2D eigenvalue weighted by molar-refractivity contribution is 0.195. The van der Waals surface area contributed by atoms with Crippen LogP contribution in [0, 0.1) is 18.3 Å². The van der Waals surface area contributed by atoms with Crippen LogP contribution in [-0.2, 0) is 0 Å². The van der Waals surface area contributed by atoms with Crippen LogP contribution in [0.5, 0.6) is 0 Å². The molecule has 2 N–H and O–H groups in total. The van der Waals surface area contributed by atoms with Gasteiger partial charge in [-0.05, 0) is 36.0 Å². The molecule has 0 radical (unpaired) electrons. The predicted octanol–water partition coefficient (Wildman–Crippen LogP) is 3.06. The Kier molecular flexibility index (Phi) is 2.61. The van der Waals surface area contributed by atoms with Gasteiger partial charge in [-0.2, -0.15) is 0 Å². The van der Waals surface area contributed by atoms with Crippen LogP contribution in [0.3, 0.4) is 0 Å². The maximum atomic E-state index is 6.01. The highest BCUT2D eigenvalue weighted by atomic mass is 15.2. The molecule has 1 aromatic carbocycles. The van der Waals surface area contributed by atoms with Gasteiger partial charge in [-0.3, -0.25) is 0 Å². The Balaban J connectivity index is 2.09. The number of aryl methyl sites for hydroxylation is 1. The average Bonchev–Trinajstić information content (AvgIpc) is 2.06. The Hall–Kier alpha value is -1.18. The van der Waals surface area contributed by atoms with Gasteiger partial charge in [-0.15, -0.1) is 0 Å². The van der Waals surface area contributed by atoms with Crippen molar-refractivity contribution in [2.24, 2.45) is 11.3 Å². The van der Waals surface area contributed by atoms with Crippen LogP contribution in [0.1, 0.15) is 26.3 Å². The molecule has 1 fully saturated rings. The van der Waals surface area contributed by atoms with E-state index in [1.165, 1.54) is 11.3 Å². The van der Waals surface area contributed by atoms with Gasteiger partial charge < -0.3 is 10.6 Å². The molecule has 1 heterocycles. The molecular weight excluding hydrogens is 196 g/mol. The lowest BCUT2D eigenvalue weighted by Gasteiger charge is -2.48. The Morgan fingerprint density at radius 2 is 1.88 bits per heavy atom. The van der Waals surface area contributed by atoms with Crippen LogP contribution >= 0.6 is 0 Å². The van der Waals surface area contributed by atoms with Crippen molar-refractivity contribution >= 4 is 11.4 Å². The van der Waals surface area contributed by atoms with Gasteiger partial charge in [0.2, 0.25) is 0 Å². The van der Waals surface area contributed by atoms with E-state index in [0.29, 0.717) is 5.41 Å². The zero-order valence-corrected chi connectivity index (χ0v) is 10.7. The Bertz CT molecular complexity index is 384. The molecule has 0 aliphatic carbocycles. The summed E-state index contributed by atoms with van der Waals surface area (Å²) in [6.45, 7) is 11.3. The second-order valence-electron chi connectivity index (χ2n) is 6.03. The number of nitrogens with two attached hydrogens (primary N) is 1. The number of nitrogens with zero attached hydrogens (tertiary/aromatic N) is 1. The number of anilines is 2. The molecule has 0 spiro atoms. The molecule has 88 valence electrons. The van der Waals surface area contributed by atoms with Gasteiger partial charge in [0.1, 0.15) is 0 Å². The van der Waals surface area contributed by atoms with Gasteiger partial charge in [0, 0.05) is 13.1 Å². The van der Waals surface area contributed by atoms with Crippen LogP contribution in [-0.4, -0.2) is 13.1 Å². The van der Waals surface area contributed by atoms with Crippen molar-refractivity contribution in [3.8, 4) is 0 Å². The smallest absolute Gasteiger partial charge is 0.0602 e. The fourth-order valence-corrected chi connectivity index (χ4v) is 2.15. The summed E-state index contributed by atoms with van der Waals surface area (Å²) in [6, 6.07) is 6.27. The minimum atomic E-state index is 0.412. The third-order valence-electron chi connectivity index (χ3n) is 3.63. The normalized spacial score (nSPS) is 17.4. The van der Waals surface area contributed by atoms with Crippen molar-refractivity contribution < 1.29 is 0 Å². The van der Waals surface area contributed by atoms with Gasteiger partial charge in [-0.25, -0.2) is 0 Å². The summed E-state index contributed by atoms with van der Waals surface area (Å²) >= 11 is 0. The standard InChI is InChI=1S/C14H22N2/c1-10-5-6-12(15)13(7-10)16-8-11(9-16)14(2,3)4/h5-7,11H,8-9,15H2,1-4H3. The second-order valence-corrected chi connectivity index (χ2v) is 6.03. The molecule has 0 unspecified atom stereocenters. The van der Waals surface area contributed by atoms with Crippen LogP contribution in [0.2, 0.25) is 0 Å². The maximum absolute atomic E-state index is 6.01. The number of rotatable bonds is 1. The average molecular weight is 218 g/mol. The van der Waals surface area contributed by atoms with E-state index in [1.807, 2.05) is 6.07 Å². The van der Waals surface area contributed by atoms with Crippen LogP contribution in [0.15, 0.2) is 18.2 Å². The highest BCUT2D eigenvalue weighted by Gasteiger charge is 2.36. The summed E-state index contributed by atoms with van der Waals surface area (Å²) in [5.74, 6) is 0.785. The minimum absolute atomic E-state index is 0.412. The molecule has 2 nitrogen and oxygen atoms in total. The van der Waals surface area contributed by atoms with Crippen molar-refractivity contribution in [1.82, 2.24) is 0 Å². The Morgan fingerprint density at radius 1 is 1.25 bits per heavy atom. The highest BCUT2D eigenvalue weighted by Crippen LogP contribution is 2.38. The summed E-state index contributed by atoms with van der Waals surface area (Å²) in [5.41, 5.74) is 9.82. The number of benzene rings is 1. The van der Waals surface area contributed by atoms with E-state index in [4.69, 9.17) is 5.73 Å². The summed E-state index contributed by atoms with van der Waals surface area (Å²) in [4.78, 5) is 2.39. The predicted molar refractivity (Wildman–Crippen MR) is 70.7 cm³/mol. The molecule has 0 atom stereocenters. The molecule has 1 aliphatic heterocycles. The number of nitrogen functional groups attached to an aromatic ring is 1. The molecule has 1 aromatic rings. The fraction of sp³-hybridized carbons (Fsp3) is 0.571. The summed E-state index contributed by atoms with van der Waals surface area (Å²) < 4.78 is 0. The third-order valence-corrected chi connectivity index (χ3v) is 3.63. The zero-order chi connectivity index (χ0) is 11.9. The first-order valence-electron chi connectivity index (χ1n) is 5.99. The van der Waals surface area contributed by atoms with Crippen LogP contribution in [0.25, 0.3) is 0 Å². The molecule has 0 bridgehead atoms. The van der Waals surface area contributed by atoms with Crippen molar-refractivity contribution in [2.45, 2.75) is 27.7 Å². The highest BCUT2D eigenvalue weighted by molar-refractivity contribution is 5.69. The van der Waals surface area contributed by atoms with Gasteiger partial charge in [0.15, 0.2) is 0 Å². The summed E-state index contributed by atoms with van der Waals surface area (Å²) in [5, 5.41) is 0. The van der Waals surface area contributed by atoms with E-state index in [9.17, 15) is 0 Å². The van der Waals surface area contributed by atoms with Crippen LogP contribution in [0.4, 0.5) is 11.4 Å². The van der Waals surface area contributed by atoms with Crippen molar-refractivity contribution in [3.05, 3.63) is 23.8 Å². The minimum Gasteiger partial charge on any atom is -0.397 e. The van der Waals surface area contributed by atoms with Crippen LogP contribution < -0.4 is 10.6 Å². The van der Waals surface area contributed by atoms with Gasteiger partial charge in [-0.1, -0.05) is 26.8 Å². The lowest BCUT2D eigenvalue weighted by atomic mass is 9.76. The fourth-order valence-electron chi connectivity index (χ4n) is 2.15. The molecule has 1 saturated heterocycles. The van der Waals surface area contributed by atoms with Crippen molar-refractivity contribution in [1.29, 1.82) is 0 Å². The molecule has 2 heteroatoms. The topological polar surface area (TPSA) is 29.3 Å². The van der Waals surface area contributed by atoms with E-state index in [0.717, 1.165) is 24.7 Å². The molecule has 2 rings (SSSR count). The Labute approximate surface area is 98.4 Å². The monoisotopic (exact) mass is 218 g/mol.